The van der Waals surface area contributed by atoms with Crippen molar-refractivity contribution >= 4 is 37.5 Å². The molecule has 0 radical (unpaired) electrons. The van der Waals surface area contributed by atoms with Crippen molar-refractivity contribution in [2.75, 3.05) is 13.6 Å². The van der Waals surface area contributed by atoms with Gasteiger partial charge in [-0.25, -0.2) is 0 Å². The lowest BCUT2D eigenvalue weighted by molar-refractivity contribution is 0.174. The van der Waals surface area contributed by atoms with Crippen LogP contribution in [-0.2, 0) is 0 Å². The van der Waals surface area contributed by atoms with Gasteiger partial charge >= 0.3 is 0 Å². The number of hydrogen-bond donors (Lipinski definition) is 2. The molecule has 0 spiro atoms. The molecule has 0 saturated heterocycles. The number of halogens is 1. The molecule has 3 aromatic carbocycles. The molecule has 0 aliphatic carbocycles. The van der Waals surface area contributed by atoms with Gasteiger partial charge in [-0.2, -0.15) is 0 Å². The van der Waals surface area contributed by atoms with Crippen LogP contribution in [0.3, 0.4) is 0 Å². The highest BCUT2D eigenvalue weighted by molar-refractivity contribution is 9.10. The first-order valence-electron chi connectivity index (χ1n) is 8.71. The van der Waals surface area contributed by atoms with E-state index in [9.17, 15) is 9.59 Å². The average Bonchev–Trinajstić information content (AvgIpc) is 3.39. The van der Waals surface area contributed by atoms with Crippen molar-refractivity contribution in [1.82, 2.24) is 10.2 Å². The SMILES string of the molecule is O=c1[nH][nH]c(=O)c2cc3c4c(c(-c5ccc6c(c5)OCO6)c(Br)c3cc12)OCO4. The van der Waals surface area contributed by atoms with Crippen LogP contribution in [0.15, 0.2) is 44.4 Å². The molecule has 2 aliphatic heterocycles. The molecule has 6 rings (SSSR count). The second kappa shape index (κ2) is 5.77. The predicted molar refractivity (Wildman–Crippen MR) is 108 cm³/mol. The molecule has 144 valence electrons. The standard InChI is InChI=1S/C20H11BrN2O6/c21-16-9-4-11-12(20(25)23-22-19(11)24)5-10(9)17-18(29-7-28-17)15(16)8-1-2-13-14(3-8)27-6-26-13/h1-5H,6-7H2,(H,22,24)(H,23,25). The number of benzene rings is 3. The minimum Gasteiger partial charge on any atom is -0.454 e. The fourth-order valence-electron chi connectivity index (χ4n) is 3.80. The van der Waals surface area contributed by atoms with Crippen molar-refractivity contribution in [3.8, 4) is 34.1 Å². The molecule has 0 fully saturated rings. The van der Waals surface area contributed by atoms with Crippen molar-refractivity contribution in [2.45, 2.75) is 0 Å². The third-order valence-electron chi connectivity index (χ3n) is 5.14. The van der Waals surface area contributed by atoms with Crippen LogP contribution in [0.4, 0.5) is 0 Å². The van der Waals surface area contributed by atoms with E-state index in [-0.39, 0.29) is 35.5 Å². The zero-order chi connectivity index (χ0) is 19.7. The highest BCUT2D eigenvalue weighted by atomic mass is 79.9. The van der Waals surface area contributed by atoms with Gasteiger partial charge in [0, 0.05) is 20.8 Å². The minimum atomic E-state index is -0.384. The van der Waals surface area contributed by atoms with Crippen molar-refractivity contribution in [1.29, 1.82) is 0 Å². The van der Waals surface area contributed by atoms with Gasteiger partial charge in [0.05, 0.1) is 10.8 Å². The third kappa shape index (κ3) is 2.24. The highest BCUT2D eigenvalue weighted by Crippen LogP contribution is 2.52. The Labute approximate surface area is 170 Å². The monoisotopic (exact) mass is 454 g/mol. The molecule has 2 N–H and O–H groups in total. The smallest absolute Gasteiger partial charge is 0.270 e. The summed E-state index contributed by atoms with van der Waals surface area (Å²) in [7, 11) is 0. The van der Waals surface area contributed by atoms with Crippen molar-refractivity contribution in [3.05, 3.63) is 55.5 Å². The number of nitrogens with one attached hydrogen (secondary N) is 2. The molecule has 3 heterocycles. The van der Waals surface area contributed by atoms with E-state index in [4.69, 9.17) is 18.9 Å². The Hall–Kier alpha value is -3.46. The highest BCUT2D eigenvalue weighted by Gasteiger charge is 2.28. The zero-order valence-corrected chi connectivity index (χ0v) is 16.2. The van der Waals surface area contributed by atoms with Crippen molar-refractivity contribution in [2.24, 2.45) is 0 Å². The average molecular weight is 455 g/mol. The van der Waals surface area contributed by atoms with Crippen LogP contribution in [0, 0.1) is 0 Å². The van der Waals surface area contributed by atoms with E-state index in [2.05, 4.69) is 26.1 Å². The molecular weight excluding hydrogens is 444 g/mol. The van der Waals surface area contributed by atoms with Crippen LogP contribution in [0.1, 0.15) is 0 Å². The molecular formula is C20H11BrN2O6. The van der Waals surface area contributed by atoms with Gasteiger partial charge < -0.3 is 18.9 Å². The number of hydrogen-bond acceptors (Lipinski definition) is 6. The van der Waals surface area contributed by atoms with Gasteiger partial charge in [-0.15, -0.1) is 0 Å². The van der Waals surface area contributed by atoms with E-state index in [1.807, 2.05) is 18.2 Å². The molecule has 4 aromatic rings. The van der Waals surface area contributed by atoms with Crippen LogP contribution in [0.2, 0.25) is 0 Å². The van der Waals surface area contributed by atoms with Gasteiger partial charge in [0.15, 0.2) is 23.0 Å². The van der Waals surface area contributed by atoms with E-state index < -0.39 is 0 Å². The summed E-state index contributed by atoms with van der Waals surface area (Å²) in [4.78, 5) is 24.5. The normalized spacial score (nSPS) is 14.1. The maximum atomic E-state index is 12.3. The summed E-state index contributed by atoms with van der Waals surface area (Å²) in [6.45, 7) is 0.237. The molecule has 1 aromatic heterocycles. The first-order chi connectivity index (χ1) is 14.1. The number of ether oxygens (including phenoxy) is 4. The molecule has 0 atom stereocenters. The van der Waals surface area contributed by atoms with Gasteiger partial charge in [0.1, 0.15) is 0 Å². The fraction of sp³-hybridized carbons (Fsp3) is 0.100. The van der Waals surface area contributed by atoms with Crippen LogP contribution in [-0.4, -0.2) is 23.8 Å². The molecule has 0 bridgehead atoms. The zero-order valence-electron chi connectivity index (χ0n) is 14.6. The third-order valence-corrected chi connectivity index (χ3v) is 5.96. The second-order valence-corrected chi connectivity index (χ2v) is 7.47. The summed E-state index contributed by atoms with van der Waals surface area (Å²) in [5.41, 5.74) is 0.842. The Morgan fingerprint density at radius 3 is 2.17 bits per heavy atom. The Balaban J connectivity index is 1.74. The summed E-state index contributed by atoms with van der Waals surface area (Å²) in [5.74, 6) is 2.40. The molecule has 9 heteroatoms. The lowest BCUT2D eigenvalue weighted by Crippen LogP contribution is -2.18. The second-order valence-electron chi connectivity index (χ2n) is 6.67. The molecule has 2 aliphatic rings. The molecule has 0 unspecified atom stereocenters. The predicted octanol–water partition coefficient (Wildman–Crippen LogP) is 3.26. The summed E-state index contributed by atoms with van der Waals surface area (Å²) in [6, 6.07) is 8.94. The molecule has 0 amide bonds. The van der Waals surface area contributed by atoms with Gasteiger partial charge in [-0.3, -0.25) is 19.8 Å². The molecule has 29 heavy (non-hydrogen) atoms. The summed E-state index contributed by atoms with van der Waals surface area (Å²) in [5, 5.41) is 6.68. The lowest BCUT2D eigenvalue weighted by Gasteiger charge is -2.14. The van der Waals surface area contributed by atoms with E-state index in [1.165, 1.54) is 0 Å². The topological polar surface area (TPSA) is 103 Å². The first kappa shape index (κ1) is 16.5. The van der Waals surface area contributed by atoms with Crippen LogP contribution in [0.5, 0.6) is 23.0 Å². The van der Waals surface area contributed by atoms with E-state index in [1.54, 1.807) is 12.1 Å². The van der Waals surface area contributed by atoms with Gasteiger partial charge in [0.25, 0.3) is 11.1 Å². The van der Waals surface area contributed by atoms with Gasteiger partial charge in [0.2, 0.25) is 13.6 Å². The lowest BCUT2D eigenvalue weighted by atomic mass is 9.97. The summed E-state index contributed by atoms with van der Waals surface area (Å²) < 4.78 is 23.1. The quantitative estimate of drug-likeness (QED) is 0.428. The Bertz CT molecular complexity index is 1470. The van der Waals surface area contributed by atoms with Crippen molar-refractivity contribution < 1.29 is 18.9 Å². The number of aromatic amines is 2. The Morgan fingerprint density at radius 1 is 0.724 bits per heavy atom. The first-order valence-corrected chi connectivity index (χ1v) is 9.50. The Kier molecular flexibility index (Phi) is 3.28. The maximum absolute atomic E-state index is 12.3. The van der Waals surface area contributed by atoms with Gasteiger partial charge in [-0.05, 0) is 45.8 Å². The van der Waals surface area contributed by atoms with E-state index in [0.29, 0.717) is 28.4 Å². The number of aromatic nitrogens is 2. The maximum Gasteiger partial charge on any atom is 0.270 e. The van der Waals surface area contributed by atoms with Crippen LogP contribution < -0.4 is 30.1 Å². The fourth-order valence-corrected chi connectivity index (χ4v) is 4.54. The molecule has 0 saturated carbocycles. The van der Waals surface area contributed by atoms with Crippen LogP contribution >= 0.6 is 15.9 Å². The number of H-pyrrole nitrogens is 2. The Morgan fingerprint density at radius 2 is 1.38 bits per heavy atom. The molecule has 8 nitrogen and oxygen atoms in total. The minimum absolute atomic E-state index is 0.0577. The van der Waals surface area contributed by atoms with Crippen LogP contribution in [0.25, 0.3) is 32.7 Å². The van der Waals surface area contributed by atoms with Gasteiger partial charge in [-0.1, -0.05) is 6.07 Å². The largest absolute Gasteiger partial charge is 0.454 e. The summed E-state index contributed by atoms with van der Waals surface area (Å²) >= 11 is 3.68. The van der Waals surface area contributed by atoms with E-state index in [0.717, 1.165) is 21.0 Å². The van der Waals surface area contributed by atoms with E-state index >= 15 is 0 Å². The number of rotatable bonds is 1. The van der Waals surface area contributed by atoms with Crippen molar-refractivity contribution in [3.63, 3.8) is 0 Å². The number of fused-ring (bicyclic) bond motifs is 5. The summed E-state index contributed by atoms with van der Waals surface area (Å²) in [6.07, 6.45) is 0.